The van der Waals surface area contributed by atoms with Crippen LogP contribution in [0.25, 0.3) is 0 Å². The number of halogens is 1. The van der Waals surface area contributed by atoms with Gasteiger partial charge in [-0.25, -0.2) is 12.8 Å². The van der Waals surface area contributed by atoms with E-state index in [4.69, 9.17) is 0 Å². The van der Waals surface area contributed by atoms with E-state index in [9.17, 15) is 17.6 Å². The van der Waals surface area contributed by atoms with E-state index < -0.39 is 10.0 Å². The van der Waals surface area contributed by atoms with Gasteiger partial charge in [-0.15, -0.1) is 0 Å². The average molecular weight is 370 g/mol. The van der Waals surface area contributed by atoms with Crippen molar-refractivity contribution in [3.05, 3.63) is 35.6 Å². The van der Waals surface area contributed by atoms with Crippen molar-refractivity contribution in [3.8, 4) is 0 Å². The summed E-state index contributed by atoms with van der Waals surface area (Å²) < 4.78 is 38.2. The lowest BCUT2D eigenvalue weighted by atomic mass is 10.1. The van der Waals surface area contributed by atoms with Gasteiger partial charge in [0.2, 0.25) is 15.9 Å². The Morgan fingerprint density at radius 1 is 1.16 bits per heavy atom. The van der Waals surface area contributed by atoms with Crippen molar-refractivity contribution in [2.75, 3.05) is 12.8 Å². The Morgan fingerprint density at radius 2 is 1.76 bits per heavy atom. The SMILES string of the molecule is CS(=O)(=O)N(CCC(=O)NC1CCCCCC1)Cc1ccc(F)cc1. The number of rotatable bonds is 7. The molecule has 1 aliphatic rings. The molecule has 1 aromatic carbocycles. The zero-order valence-corrected chi connectivity index (χ0v) is 15.5. The molecule has 0 saturated heterocycles. The summed E-state index contributed by atoms with van der Waals surface area (Å²) in [6.07, 6.45) is 7.94. The Balaban J connectivity index is 1.88. The molecule has 140 valence electrons. The predicted octanol–water partition coefficient (Wildman–Crippen LogP) is 2.82. The number of hydrogen-bond acceptors (Lipinski definition) is 3. The third kappa shape index (κ3) is 7.12. The summed E-state index contributed by atoms with van der Waals surface area (Å²) in [5.41, 5.74) is 0.691. The second-order valence-corrected chi connectivity index (χ2v) is 8.71. The maximum Gasteiger partial charge on any atom is 0.221 e. The second-order valence-electron chi connectivity index (χ2n) is 6.73. The lowest BCUT2D eigenvalue weighted by molar-refractivity contribution is -0.122. The second kappa shape index (κ2) is 9.29. The first-order valence-electron chi connectivity index (χ1n) is 8.83. The van der Waals surface area contributed by atoms with E-state index in [1.807, 2.05) is 0 Å². The van der Waals surface area contributed by atoms with Gasteiger partial charge in [0.25, 0.3) is 0 Å². The molecule has 1 fully saturated rings. The number of nitrogens with zero attached hydrogens (tertiary/aromatic N) is 1. The average Bonchev–Trinajstić information content (AvgIpc) is 2.80. The van der Waals surface area contributed by atoms with E-state index in [1.165, 1.54) is 29.3 Å². The Labute approximate surface area is 149 Å². The zero-order chi connectivity index (χ0) is 18.3. The van der Waals surface area contributed by atoms with E-state index in [0.29, 0.717) is 5.56 Å². The van der Waals surface area contributed by atoms with Crippen LogP contribution in [0.4, 0.5) is 4.39 Å². The number of hydrogen-bond donors (Lipinski definition) is 1. The minimum atomic E-state index is -3.45. The van der Waals surface area contributed by atoms with Crippen LogP contribution in [0.3, 0.4) is 0 Å². The Hall–Kier alpha value is -1.47. The highest BCUT2D eigenvalue weighted by molar-refractivity contribution is 7.88. The van der Waals surface area contributed by atoms with E-state index in [0.717, 1.165) is 31.9 Å². The molecule has 1 aliphatic carbocycles. The largest absolute Gasteiger partial charge is 0.353 e. The fraction of sp³-hybridized carbons (Fsp3) is 0.611. The summed E-state index contributed by atoms with van der Waals surface area (Å²) in [7, 11) is -3.45. The van der Waals surface area contributed by atoms with E-state index >= 15 is 0 Å². The number of carbonyl (C=O) groups excluding carboxylic acids is 1. The number of nitrogens with one attached hydrogen (secondary N) is 1. The van der Waals surface area contributed by atoms with Gasteiger partial charge in [-0.3, -0.25) is 4.79 Å². The molecule has 25 heavy (non-hydrogen) atoms. The highest BCUT2D eigenvalue weighted by Crippen LogP contribution is 2.17. The Bertz CT molecular complexity index is 653. The topological polar surface area (TPSA) is 66.5 Å². The highest BCUT2D eigenvalue weighted by atomic mass is 32.2. The van der Waals surface area contributed by atoms with Crippen molar-refractivity contribution in [2.45, 2.75) is 57.5 Å². The van der Waals surface area contributed by atoms with Crippen LogP contribution < -0.4 is 5.32 Å². The van der Waals surface area contributed by atoms with Gasteiger partial charge < -0.3 is 5.32 Å². The first kappa shape index (κ1) is 19.8. The maximum atomic E-state index is 13.0. The van der Waals surface area contributed by atoms with Gasteiger partial charge >= 0.3 is 0 Å². The molecule has 1 amide bonds. The number of benzene rings is 1. The number of amides is 1. The number of sulfonamides is 1. The van der Waals surface area contributed by atoms with Crippen molar-refractivity contribution >= 4 is 15.9 Å². The molecule has 0 aliphatic heterocycles. The van der Waals surface area contributed by atoms with Crippen LogP contribution >= 0.6 is 0 Å². The third-order valence-electron chi connectivity index (χ3n) is 4.55. The minimum Gasteiger partial charge on any atom is -0.353 e. The van der Waals surface area contributed by atoms with Crippen LogP contribution in [0.2, 0.25) is 0 Å². The summed E-state index contributed by atoms with van der Waals surface area (Å²) in [5.74, 6) is -0.475. The van der Waals surface area contributed by atoms with Gasteiger partial charge in [-0.2, -0.15) is 4.31 Å². The summed E-state index contributed by atoms with van der Waals surface area (Å²) in [6, 6.07) is 5.92. The van der Waals surface area contributed by atoms with Crippen molar-refractivity contribution in [2.24, 2.45) is 0 Å². The van der Waals surface area contributed by atoms with Gasteiger partial charge in [-0.05, 0) is 30.5 Å². The van der Waals surface area contributed by atoms with Crippen molar-refractivity contribution in [3.63, 3.8) is 0 Å². The van der Waals surface area contributed by atoms with Gasteiger partial charge in [0, 0.05) is 25.6 Å². The molecular weight excluding hydrogens is 343 g/mol. The summed E-state index contributed by atoms with van der Waals surface area (Å²) in [4.78, 5) is 12.2. The molecule has 0 unspecified atom stereocenters. The van der Waals surface area contributed by atoms with Gasteiger partial charge in [0.05, 0.1) is 6.26 Å². The van der Waals surface area contributed by atoms with E-state index in [-0.39, 0.29) is 37.3 Å². The molecular formula is C18H27FN2O3S. The molecule has 7 heteroatoms. The quantitative estimate of drug-likeness (QED) is 0.751. The van der Waals surface area contributed by atoms with Crippen molar-refractivity contribution < 1.29 is 17.6 Å². The first-order valence-corrected chi connectivity index (χ1v) is 10.7. The van der Waals surface area contributed by atoms with Crippen LogP contribution in [0.15, 0.2) is 24.3 Å². The van der Waals surface area contributed by atoms with Gasteiger partial charge in [0.15, 0.2) is 0 Å². The first-order chi connectivity index (χ1) is 11.8. The van der Waals surface area contributed by atoms with Crippen LogP contribution in [-0.2, 0) is 21.4 Å². The predicted molar refractivity (Wildman–Crippen MR) is 95.9 cm³/mol. The summed E-state index contributed by atoms with van der Waals surface area (Å²) in [6.45, 7) is 0.255. The lowest BCUT2D eigenvalue weighted by Gasteiger charge is -2.21. The molecule has 0 atom stereocenters. The minimum absolute atomic E-state index is 0.111. The van der Waals surface area contributed by atoms with E-state index in [1.54, 1.807) is 12.1 Å². The Kier molecular flexibility index (Phi) is 7.38. The number of carbonyl (C=O) groups is 1. The molecule has 0 bridgehead atoms. The fourth-order valence-corrected chi connectivity index (χ4v) is 3.91. The Morgan fingerprint density at radius 3 is 2.32 bits per heavy atom. The molecule has 0 heterocycles. The maximum absolute atomic E-state index is 13.0. The van der Waals surface area contributed by atoms with Crippen molar-refractivity contribution in [1.29, 1.82) is 0 Å². The highest BCUT2D eigenvalue weighted by Gasteiger charge is 2.20. The molecule has 1 aromatic rings. The smallest absolute Gasteiger partial charge is 0.221 e. The molecule has 1 saturated carbocycles. The molecule has 1 N–H and O–H groups in total. The van der Waals surface area contributed by atoms with Gasteiger partial charge in [0.1, 0.15) is 5.82 Å². The molecule has 0 radical (unpaired) electrons. The molecule has 2 rings (SSSR count). The molecule has 0 aromatic heterocycles. The van der Waals surface area contributed by atoms with Crippen molar-refractivity contribution in [1.82, 2.24) is 9.62 Å². The lowest BCUT2D eigenvalue weighted by Crippen LogP contribution is -2.38. The molecule has 0 spiro atoms. The normalized spacial score (nSPS) is 16.6. The summed E-state index contributed by atoms with van der Waals surface area (Å²) >= 11 is 0. The fourth-order valence-electron chi connectivity index (χ4n) is 3.11. The standard InChI is InChI=1S/C18H27FN2O3S/c1-25(23,24)21(14-15-8-10-16(19)11-9-15)13-12-18(22)20-17-6-4-2-3-5-7-17/h8-11,17H,2-7,12-14H2,1H3,(H,20,22). The van der Waals surface area contributed by atoms with Crippen LogP contribution in [0.1, 0.15) is 50.5 Å². The summed E-state index contributed by atoms with van der Waals surface area (Å²) in [5, 5.41) is 3.03. The van der Waals surface area contributed by atoms with Crippen LogP contribution in [0, 0.1) is 5.82 Å². The monoisotopic (exact) mass is 370 g/mol. The van der Waals surface area contributed by atoms with Crippen LogP contribution in [0.5, 0.6) is 0 Å². The van der Waals surface area contributed by atoms with Gasteiger partial charge in [-0.1, -0.05) is 37.8 Å². The molecule has 5 nitrogen and oxygen atoms in total. The zero-order valence-electron chi connectivity index (χ0n) is 14.7. The third-order valence-corrected chi connectivity index (χ3v) is 5.80. The van der Waals surface area contributed by atoms with Crippen LogP contribution in [-0.4, -0.2) is 37.5 Å². The van der Waals surface area contributed by atoms with E-state index in [2.05, 4.69) is 5.32 Å².